The Balaban J connectivity index is 2.33. The van der Waals surface area contributed by atoms with Crippen molar-refractivity contribution in [3.05, 3.63) is 22.9 Å². The molecule has 0 bridgehead atoms. The molecule has 1 saturated carbocycles. The number of nitrogen functional groups attached to an aromatic ring is 1. The van der Waals surface area contributed by atoms with E-state index >= 15 is 0 Å². The third kappa shape index (κ3) is 2.93. The van der Waals surface area contributed by atoms with Crippen molar-refractivity contribution in [2.24, 2.45) is 5.73 Å². The van der Waals surface area contributed by atoms with E-state index in [1.807, 2.05) is 31.9 Å². The van der Waals surface area contributed by atoms with Gasteiger partial charge >= 0.3 is 0 Å². The van der Waals surface area contributed by atoms with Crippen LogP contribution in [0.1, 0.15) is 42.5 Å². The molecule has 20 heavy (non-hydrogen) atoms. The highest BCUT2D eigenvalue weighted by atomic mass is 16.3. The van der Waals surface area contributed by atoms with Crippen LogP contribution in [-0.4, -0.2) is 35.1 Å². The number of aliphatic hydroxyl groups is 1. The van der Waals surface area contributed by atoms with Crippen LogP contribution in [0.5, 0.6) is 0 Å². The molecule has 1 aromatic rings. The molecule has 0 aromatic carbocycles. The molecular formula is C15H24N4O. The second kappa shape index (κ2) is 5.40. The summed E-state index contributed by atoms with van der Waals surface area (Å²) in [6, 6.07) is 1.93. The van der Waals surface area contributed by atoms with Crippen LogP contribution in [0.3, 0.4) is 0 Å². The minimum atomic E-state index is -0.637. The first-order valence-corrected chi connectivity index (χ1v) is 7.08. The van der Waals surface area contributed by atoms with Gasteiger partial charge in [-0.15, -0.1) is 0 Å². The van der Waals surface area contributed by atoms with Crippen LogP contribution in [-0.2, 0) is 0 Å². The third-order valence-corrected chi connectivity index (χ3v) is 4.02. The average Bonchev–Trinajstić information content (AvgIpc) is 2.73. The van der Waals surface area contributed by atoms with E-state index in [0.29, 0.717) is 17.9 Å². The molecule has 1 heterocycles. The summed E-state index contributed by atoms with van der Waals surface area (Å²) in [4.78, 5) is 6.45. The van der Waals surface area contributed by atoms with Crippen molar-refractivity contribution in [2.75, 3.05) is 18.5 Å². The van der Waals surface area contributed by atoms with Crippen molar-refractivity contribution in [3.8, 4) is 0 Å². The molecule has 0 saturated heterocycles. The molecule has 1 fully saturated rings. The summed E-state index contributed by atoms with van der Waals surface area (Å²) in [6.45, 7) is 4.40. The molecule has 4 N–H and O–H groups in total. The number of rotatable bonds is 4. The van der Waals surface area contributed by atoms with Gasteiger partial charge in [0.2, 0.25) is 0 Å². The molecule has 1 aromatic heterocycles. The van der Waals surface area contributed by atoms with Gasteiger partial charge in [0.25, 0.3) is 0 Å². The second-order valence-corrected chi connectivity index (χ2v) is 5.98. The van der Waals surface area contributed by atoms with Gasteiger partial charge in [-0.3, -0.25) is 5.41 Å². The zero-order valence-electron chi connectivity index (χ0n) is 12.5. The molecule has 5 heteroatoms. The van der Waals surface area contributed by atoms with E-state index in [2.05, 4.69) is 4.98 Å². The number of nitrogens with zero attached hydrogens (tertiary/aromatic N) is 2. The van der Waals surface area contributed by atoms with Gasteiger partial charge in [0.15, 0.2) is 0 Å². The average molecular weight is 276 g/mol. The van der Waals surface area contributed by atoms with Crippen molar-refractivity contribution < 1.29 is 5.11 Å². The monoisotopic (exact) mass is 276 g/mol. The molecule has 1 aliphatic carbocycles. The zero-order valence-corrected chi connectivity index (χ0v) is 12.5. The highest BCUT2D eigenvalue weighted by molar-refractivity contribution is 6.01. The number of hydrogen-bond donors (Lipinski definition) is 3. The molecule has 110 valence electrons. The zero-order chi connectivity index (χ0) is 14.9. The van der Waals surface area contributed by atoms with Crippen LogP contribution >= 0.6 is 0 Å². The molecule has 0 spiro atoms. The van der Waals surface area contributed by atoms with Crippen molar-refractivity contribution in [3.63, 3.8) is 0 Å². The Labute approximate surface area is 120 Å². The van der Waals surface area contributed by atoms with Crippen molar-refractivity contribution in [2.45, 2.75) is 45.1 Å². The molecule has 0 amide bonds. The Morgan fingerprint density at radius 1 is 1.45 bits per heavy atom. The van der Waals surface area contributed by atoms with E-state index in [4.69, 9.17) is 11.1 Å². The normalized spacial score (nSPS) is 17.2. The number of likely N-dealkylation sites (N-methyl/N-ethyl adjacent to an activating group) is 1. The maximum Gasteiger partial charge on any atom is 0.139 e. The largest absolute Gasteiger partial charge is 0.388 e. The van der Waals surface area contributed by atoms with E-state index in [-0.39, 0.29) is 5.84 Å². The van der Waals surface area contributed by atoms with Crippen LogP contribution in [0.4, 0.5) is 5.82 Å². The summed E-state index contributed by atoms with van der Waals surface area (Å²) < 4.78 is 0. The van der Waals surface area contributed by atoms with Crippen molar-refractivity contribution >= 4 is 11.7 Å². The minimum Gasteiger partial charge on any atom is -0.388 e. The molecule has 5 nitrogen and oxygen atoms in total. The number of anilines is 1. The summed E-state index contributed by atoms with van der Waals surface area (Å²) in [5, 5.41) is 18.3. The maximum atomic E-state index is 10.5. The van der Waals surface area contributed by atoms with E-state index in [9.17, 15) is 5.11 Å². The van der Waals surface area contributed by atoms with Gasteiger partial charge in [0.05, 0.1) is 11.2 Å². The highest BCUT2D eigenvalue weighted by Gasteiger charge is 2.33. The fraction of sp³-hybridized carbons (Fsp3) is 0.600. The number of pyridine rings is 1. The summed E-state index contributed by atoms with van der Waals surface area (Å²) in [7, 11) is 1.91. The smallest absolute Gasteiger partial charge is 0.139 e. The van der Waals surface area contributed by atoms with Gasteiger partial charge in [0, 0.05) is 19.3 Å². The predicted molar refractivity (Wildman–Crippen MR) is 81.4 cm³/mol. The summed E-state index contributed by atoms with van der Waals surface area (Å²) in [5.74, 6) is 0.714. The molecule has 1 aliphatic rings. The Hall–Kier alpha value is -1.62. The first-order valence-electron chi connectivity index (χ1n) is 7.08. The Morgan fingerprint density at radius 2 is 2.05 bits per heavy atom. The predicted octanol–water partition coefficient (Wildman–Crippen LogP) is 1.72. The van der Waals surface area contributed by atoms with Crippen LogP contribution in [0.25, 0.3) is 0 Å². The van der Waals surface area contributed by atoms with Crippen LogP contribution in [0.2, 0.25) is 0 Å². The summed E-state index contributed by atoms with van der Waals surface area (Å²) in [5.41, 5.74) is 7.57. The molecular weight excluding hydrogens is 252 g/mol. The van der Waals surface area contributed by atoms with E-state index in [1.165, 1.54) is 0 Å². The second-order valence-electron chi connectivity index (χ2n) is 5.98. The van der Waals surface area contributed by atoms with Gasteiger partial charge in [-0.25, -0.2) is 4.98 Å². The lowest BCUT2D eigenvalue weighted by Gasteiger charge is -2.31. The van der Waals surface area contributed by atoms with Crippen LogP contribution in [0, 0.1) is 19.3 Å². The fourth-order valence-corrected chi connectivity index (χ4v) is 3.13. The van der Waals surface area contributed by atoms with E-state index in [1.54, 1.807) is 0 Å². The van der Waals surface area contributed by atoms with Gasteiger partial charge in [-0.1, -0.05) is 12.8 Å². The van der Waals surface area contributed by atoms with E-state index in [0.717, 1.165) is 36.9 Å². The van der Waals surface area contributed by atoms with Crippen LogP contribution in [0.15, 0.2) is 6.07 Å². The Kier molecular flexibility index (Phi) is 3.99. The number of hydrogen-bond acceptors (Lipinski definition) is 4. The first-order chi connectivity index (χ1) is 9.32. The fourth-order valence-electron chi connectivity index (χ4n) is 3.13. The molecule has 2 rings (SSSR count). The lowest BCUT2D eigenvalue weighted by Crippen LogP contribution is -2.40. The van der Waals surface area contributed by atoms with Crippen molar-refractivity contribution in [1.82, 2.24) is 4.98 Å². The lowest BCUT2D eigenvalue weighted by molar-refractivity contribution is 0.0558. The van der Waals surface area contributed by atoms with Crippen molar-refractivity contribution in [1.29, 1.82) is 5.41 Å². The lowest BCUT2D eigenvalue weighted by atomic mass is 10.0. The number of nitrogens with one attached hydrogen (secondary N) is 1. The van der Waals surface area contributed by atoms with Gasteiger partial charge in [-0.05, 0) is 38.3 Å². The number of aryl methyl sites for hydroxylation is 2. The van der Waals surface area contributed by atoms with Crippen LogP contribution < -0.4 is 10.6 Å². The number of amidine groups is 1. The van der Waals surface area contributed by atoms with Gasteiger partial charge < -0.3 is 15.7 Å². The van der Waals surface area contributed by atoms with Gasteiger partial charge in [-0.2, -0.15) is 0 Å². The minimum absolute atomic E-state index is 0.0234. The number of aromatic nitrogens is 1. The topological polar surface area (TPSA) is 86.2 Å². The maximum absolute atomic E-state index is 10.5. The standard InChI is InChI=1S/C15H24N4O/c1-10-8-11(2)18-14(12(10)13(16)17)19(3)9-15(20)6-4-5-7-15/h8,20H,4-7,9H2,1-3H3,(H3,16,17). The molecule has 0 aliphatic heterocycles. The van der Waals surface area contributed by atoms with Gasteiger partial charge in [0.1, 0.15) is 11.7 Å². The SMILES string of the molecule is Cc1cc(C)c(C(=N)N)c(N(C)CC2(O)CCCC2)n1. The molecule has 0 atom stereocenters. The molecule has 0 unspecified atom stereocenters. The van der Waals surface area contributed by atoms with E-state index < -0.39 is 5.60 Å². The molecule has 0 radical (unpaired) electrons. The summed E-state index contributed by atoms with van der Waals surface area (Å²) in [6.07, 6.45) is 3.81. The third-order valence-electron chi connectivity index (χ3n) is 4.02. The first kappa shape index (κ1) is 14.8. The Bertz CT molecular complexity index is 521. The highest BCUT2D eigenvalue weighted by Crippen LogP contribution is 2.32. The quantitative estimate of drug-likeness (QED) is 0.577. The Morgan fingerprint density at radius 3 is 2.60 bits per heavy atom. The number of nitrogens with two attached hydrogens (primary N) is 1. The summed E-state index contributed by atoms with van der Waals surface area (Å²) >= 11 is 0.